The van der Waals surface area contributed by atoms with Gasteiger partial charge in [-0.3, -0.25) is 9.59 Å². The molecule has 2 N–H and O–H groups in total. The van der Waals surface area contributed by atoms with Gasteiger partial charge in [0.15, 0.2) is 0 Å². The average molecular weight is 302 g/mol. The molecule has 0 aliphatic heterocycles. The number of nitrogens with one attached hydrogen (secondary N) is 1. The SMILES string of the molecule is O=C(NCC1(C(=O)O)CC1)c1cnc(-c2ccccc2)s1. The van der Waals surface area contributed by atoms with Gasteiger partial charge < -0.3 is 10.4 Å². The van der Waals surface area contributed by atoms with Crippen molar-refractivity contribution in [1.82, 2.24) is 10.3 Å². The summed E-state index contributed by atoms with van der Waals surface area (Å²) < 4.78 is 0. The largest absolute Gasteiger partial charge is 0.481 e. The fourth-order valence-electron chi connectivity index (χ4n) is 2.05. The minimum atomic E-state index is -0.836. The van der Waals surface area contributed by atoms with Crippen LogP contribution in [0.2, 0.25) is 0 Å². The summed E-state index contributed by atoms with van der Waals surface area (Å²) in [5.41, 5.74) is 0.216. The molecular weight excluding hydrogens is 288 g/mol. The molecule has 1 saturated carbocycles. The van der Waals surface area contributed by atoms with Crippen molar-refractivity contribution in [3.05, 3.63) is 41.4 Å². The second kappa shape index (κ2) is 5.29. The van der Waals surface area contributed by atoms with E-state index in [0.717, 1.165) is 10.6 Å². The predicted molar refractivity (Wildman–Crippen MR) is 79.2 cm³/mol. The second-order valence-corrected chi connectivity index (χ2v) is 6.19. The minimum Gasteiger partial charge on any atom is -0.481 e. The number of rotatable bonds is 5. The van der Waals surface area contributed by atoms with Crippen LogP contribution in [0.4, 0.5) is 0 Å². The Morgan fingerprint density at radius 3 is 2.62 bits per heavy atom. The van der Waals surface area contributed by atoms with E-state index in [-0.39, 0.29) is 12.5 Å². The van der Waals surface area contributed by atoms with Crippen LogP contribution in [0.5, 0.6) is 0 Å². The van der Waals surface area contributed by atoms with E-state index in [1.165, 1.54) is 17.5 Å². The van der Waals surface area contributed by atoms with Gasteiger partial charge in [0.2, 0.25) is 0 Å². The van der Waals surface area contributed by atoms with Crippen LogP contribution in [-0.2, 0) is 4.79 Å². The Balaban J connectivity index is 1.66. The molecule has 5 nitrogen and oxygen atoms in total. The third-order valence-electron chi connectivity index (χ3n) is 3.64. The second-order valence-electron chi connectivity index (χ2n) is 5.16. The van der Waals surface area contributed by atoms with Gasteiger partial charge in [0.1, 0.15) is 9.88 Å². The van der Waals surface area contributed by atoms with Gasteiger partial charge in [-0.25, -0.2) is 4.98 Å². The first-order valence-corrected chi connectivity index (χ1v) is 7.45. The van der Waals surface area contributed by atoms with Crippen molar-refractivity contribution in [3.63, 3.8) is 0 Å². The van der Waals surface area contributed by atoms with Gasteiger partial charge in [0.25, 0.3) is 5.91 Å². The number of carboxylic acid groups (broad SMARTS) is 1. The Morgan fingerprint density at radius 2 is 2.00 bits per heavy atom. The third kappa shape index (κ3) is 2.80. The van der Waals surface area contributed by atoms with Crippen molar-refractivity contribution >= 4 is 23.2 Å². The van der Waals surface area contributed by atoms with Crippen molar-refractivity contribution in [2.75, 3.05) is 6.54 Å². The summed E-state index contributed by atoms with van der Waals surface area (Å²) in [5.74, 6) is -1.10. The van der Waals surface area contributed by atoms with Gasteiger partial charge in [-0.15, -0.1) is 11.3 Å². The molecule has 21 heavy (non-hydrogen) atoms. The average Bonchev–Trinajstić information content (AvgIpc) is 3.14. The summed E-state index contributed by atoms with van der Waals surface area (Å²) in [6, 6.07) is 9.63. The Morgan fingerprint density at radius 1 is 1.29 bits per heavy atom. The van der Waals surface area contributed by atoms with Gasteiger partial charge >= 0.3 is 5.97 Å². The maximum atomic E-state index is 12.1. The summed E-state index contributed by atoms with van der Waals surface area (Å²) in [6.07, 6.45) is 2.78. The number of aromatic nitrogens is 1. The molecule has 6 heteroatoms. The molecule has 1 aromatic heterocycles. The standard InChI is InChI=1S/C15H14N2O3S/c18-12(17-9-15(6-7-15)14(19)20)11-8-16-13(21-11)10-4-2-1-3-5-10/h1-5,8H,6-7,9H2,(H,17,18)(H,19,20). The van der Waals surface area contributed by atoms with Crippen molar-refractivity contribution in [2.24, 2.45) is 5.41 Å². The number of nitrogens with zero attached hydrogens (tertiary/aromatic N) is 1. The Bertz CT molecular complexity index is 677. The number of amides is 1. The molecule has 0 unspecified atom stereocenters. The van der Waals surface area contributed by atoms with Gasteiger partial charge in [-0.1, -0.05) is 30.3 Å². The maximum Gasteiger partial charge on any atom is 0.311 e. The van der Waals surface area contributed by atoms with Crippen LogP contribution in [0.25, 0.3) is 10.6 Å². The molecule has 1 heterocycles. The Kier molecular flexibility index (Phi) is 3.47. The number of aliphatic carboxylic acids is 1. The van der Waals surface area contributed by atoms with Crippen molar-refractivity contribution in [1.29, 1.82) is 0 Å². The lowest BCUT2D eigenvalue weighted by atomic mass is 10.1. The molecule has 1 aliphatic rings. The zero-order valence-electron chi connectivity index (χ0n) is 11.2. The minimum absolute atomic E-state index is 0.180. The lowest BCUT2D eigenvalue weighted by Crippen LogP contribution is -2.33. The van der Waals surface area contributed by atoms with Crippen LogP contribution in [0.3, 0.4) is 0 Å². The number of carboxylic acids is 1. The van der Waals surface area contributed by atoms with Crippen LogP contribution in [0.1, 0.15) is 22.5 Å². The summed E-state index contributed by atoms with van der Waals surface area (Å²) >= 11 is 1.30. The van der Waals surface area contributed by atoms with Crippen molar-refractivity contribution in [3.8, 4) is 10.6 Å². The maximum absolute atomic E-state index is 12.1. The first-order valence-electron chi connectivity index (χ1n) is 6.64. The zero-order chi connectivity index (χ0) is 14.9. The molecule has 0 spiro atoms. The number of carbonyl (C=O) groups excluding carboxylic acids is 1. The van der Waals surface area contributed by atoms with Crippen molar-refractivity contribution in [2.45, 2.75) is 12.8 Å². The fourth-order valence-corrected chi connectivity index (χ4v) is 2.88. The van der Waals surface area contributed by atoms with E-state index in [1.807, 2.05) is 30.3 Å². The molecule has 0 atom stereocenters. The van der Waals surface area contributed by atoms with Gasteiger partial charge in [-0.05, 0) is 12.8 Å². The van der Waals surface area contributed by atoms with Crippen molar-refractivity contribution < 1.29 is 14.7 Å². The summed E-state index contributed by atoms with van der Waals surface area (Å²) in [7, 11) is 0. The molecule has 0 saturated heterocycles. The number of hydrogen-bond donors (Lipinski definition) is 2. The quantitative estimate of drug-likeness (QED) is 0.889. The molecule has 0 radical (unpaired) electrons. The van der Waals surface area contributed by atoms with E-state index < -0.39 is 11.4 Å². The molecule has 0 bridgehead atoms. The molecule has 1 fully saturated rings. The Hall–Kier alpha value is -2.21. The summed E-state index contributed by atoms with van der Waals surface area (Å²) in [6.45, 7) is 0.180. The molecule has 3 rings (SSSR count). The Labute approximate surface area is 125 Å². The van der Waals surface area contributed by atoms with Crippen LogP contribution < -0.4 is 5.32 Å². The van der Waals surface area contributed by atoms with Crippen LogP contribution >= 0.6 is 11.3 Å². The van der Waals surface area contributed by atoms with Crippen LogP contribution in [0.15, 0.2) is 36.5 Å². The highest BCUT2D eigenvalue weighted by Crippen LogP contribution is 2.45. The summed E-state index contributed by atoms with van der Waals surface area (Å²) in [5, 5.41) is 12.6. The predicted octanol–water partition coefficient (Wildman–Crippen LogP) is 2.40. The molecule has 108 valence electrons. The lowest BCUT2D eigenvalue weighted by molar-refractivity contribution is -0.143. The fraction of sp³-hybridized carbons (Fsp3) is 0.267. The van der Waals surface area contributed by atoms with Gasteiger partial charge in [-0.2, -0.15) is 0 Å². The van der Waals surface area contributed by atoms with Crippen LogP contribution in [-0.4, -0.2) is 28.5 Å². The highest BCUT2D eigenvalue weighted by atomic mass is 32.1. The smallest absolute Gasteiger partial charge is 0.311 e. The first-order chi connectivity index (χ1) is 10.1. The molecular formula is C15H14N2O3S. The lowest BCUT2D eigenvalue weighted by Gasteiger charge is -2.09. The molecule has 1 amide bonds. The molecule has 2 aromatic rings. The molecule has 1 aliphatic carbocycles. The van der Waals surface area contributed by atoms with E-state index in [2.05, 4.69) is 10.3 Å². The normalized spacial score (nSPS) is 15.4. The van der Waals surface area contributed by atoms with E-state index in [9.17, 15) is 9.59 Å². The van der Waals surface area contributed by atoms with Gasteiger partial charge in [0, 0.05) is 12.1 Å². The zero-order valence-corrected chi connectivity index (χ0v) is 12.0. The highest BCUT2D eigenvalue weighted by molar-refractivity contribution is 7.16. The number of hydrogen-bond acceptors (Lipinski definition) is 4. The highest BCUT2D eigenvalue weighted by Gasteiger charge is 2.50. The van der Waals surface area contributed by atoms with E-state index >= 15 is 0 Å². The van der Waals surface area contributed by atoms with E-state index in [4.69, 9.17) is 5.11 Å². The number of carbonyl (C=O) groups is 2. The topological polar surface area (TPSA) is 79.3 Å². The first kappa shape index (κ1) is 13.8. The number of benzene rings is 1. The summed E-state index contributed by atoms with van der Waals surface area (Å²) in [4.78, 5) is 27.9. The van der Waals surface area contributed by atoms with E-state index in [1.54, 1.807) is 0 Å². The van der Waals surface area contributed by atoms with Gasteiger partial charge in [0.05, 0.1) is 11.6 Å². The monoisotopic (exact) mass is 302 g/mol. The number of thiazole rings is 1. The van der Waals surface area contributed by atoms with E-state index in [0.29, 0.717) is 17.7 Å². The molecule has 1 aromatic carbocycles. The van der Waals surface area contributed by atoms with Crippen LogP contribution in [0, 0.1) is 5.41 Å². The third-order valence-corrected chi connectivity index (χ3v) is 4.69.